The van der Waals surface area contributed by atoms with Gasteiger partial charge in [0.05, 0.1) is 5.69 Å². The summed E-state index contributed by atoms with van der Waals surface area (Å²) in [4.78, 5) is 15.9. The number of nitrogen functional groups attached to an aromatic ring is 1. The normalized spacial score (nSPS) is 10.2. The van der Waals surface area contributed by atoms with E-state index in [1.165, 1.54) is 6.07 Å². The Labute approximate surface area is 109 Å². The molecular formula is C13H12N2O2S. The van der Waals surface area contributed by atoms with Crippen LogP contribution in [0.2, 0.25) is 0 Å². The van der Waals surface area contributed by atoms with Crippen molar-refractivity contribution in [2.24, 2.45) is 0 Å². The van der Waals surface area contributed by atoms with Crippen LogP contribution in [0.5, 0.6) is 0 Å². The molecule has 0 amide bonds. The topological polar surface area (TPSA) is 76.2 Å². The first-order chi connectivity index (χ1) is 8.65. The number of rotatable bonds is 4. The monoisotopic (exact) mass is 260 g/mol. The average Bonchev–Trinajstić information content (AvgIpc) is 2.38. The number of hydrogen-bond donors (Lipinski definition) is 2. The van der Waals surface area contributed by atoms with Gasteiger partial charge in [-0.1, -0.05) is 6.07 Å². The third-order valence-electron chi connectivity index (χ3n) is 2.29. The number of carboxylic acid groups (broad SMARTS) is 1. The van der Waals surface area contributed by atoms with Crippen LogP contribution in [0.4, 0.5) is 5.69 Å². The lowest BCUT2D eigenvalue weighted by molar-refractivity contribution is 0.0690. The molecule has 1 aromatic heterocycles. The summed E-state index contributed by atoms with van der Waals surface area (Å²) in [6.45, 7) is 0. The van der Waals surface area contributed by atoms with E-state index in [1.807, 2.05) is 30.3 Å². The number of thioether (sulfide) groups is 1. The molecule has 0 unspecified atom stereocenters. The molecule has 5 heteroatoms. The fraction of sp³-hybridized carbons (Fsp3) is 0.0769. The minimum Gasteiger partial charge on any atom is -0.477 e. The Morgan fingerprint density at radius 3 is 2.61 bits per heavy atom. The van der Waals surface area contributed by atoms with Gasteiger partial charge >= 0.3 is 5.97 Å². The quantitative estimate of drug-likeness (QED) is 0.653. The van der Waals surface area contributed by atoms with Gasteiger partial charge in [0, 0.05) is 16.3 Å². The zero-order valence-corrected chi connectivity index (χ0v) is 10.4. The van der Waals surface area contributed by atoms with Gasteiger partial charge in [0.25, 0.3) is 0 Å². The van der Waals surface area contributed by atoms with Crippen LogP contribution in [0, 0.1) is 0 Å². The van der Waals surface area contributed by atoms with Gasteiger partial charge in [-0.3, -0.25) is 0 Å². The van der Waals surface area contributed by atoms with E-state index < -0.39 is 5.97 Å². The Bertz CT molecular complexity index is 555. The fourth-order valence-electron chi connectivity index (χ4n) is 1.40. The lowest BCUT2D eigenvalue weighted by Crippen LogP contribution is -2.01. The second-order valence-electron chi connectivity index (χ2n) is 3.68. The van der Waals surface area contributed by atoms with Crippen molar-refractivity contribution in [1.82, 2.24) is 4.98 Å². The van der Waals surface area contributed by atoms with Crippen molar-refractivity contribution in [3.63, 3.8) is 0 Å². The van der Waals surface area contributed by atoms with Crippen LogP contribution in [0.1, 0.15) is 16.2 Å². The summed E-state index contributed by atoms with van der Waals surface area (Å²) in [6, 6.07) is 12.5. The van der Waals surface area contributed by atoms with Gasteiger partial charge in [0.2, 0.25) is 0 Å². The molecule has 0 aliphatic rings. The smallest absolute Gasteiger partial charge is 0.354 e. The van der Waals surface area contributed by atoms with Crippen LogP contribution in [0.3, 0.4) is 0 Å². The number of hydrogen-bond acceptors (Lipinski definition) is 4. The zero-order chi connectivity index (χ0) is 13.0. The Balaban J connectivity index is 2.04. The van der Waals surface area contributed by atoms with Crippen LogP contribution in [-0.2, 0) is 5.75 Å². The van der Waals surface area contributed by atoms with E-state index in [1.54, 1.807) is 17.8 Å². The highest BCUT2D eigenvalue weighted by Gasteiger charge is 2.05. The molecule has 0 fully saturated rings. The van der Waals surface area contributed by atoms with E-state index in [9.17, 15) is 4.79 Å². The van der Waals surface area contributed by atoms with Crippen molar-refractivity contribution in [1.29, 1.82) is 0 Å². The summed E-state index contributed by atoms with van der Waals surface area (Å²) in [5, 5.41) is 8.84. The van der Waals surface area contributed by atoms with E-state index >= 15 is 0 Å². The lowest BCUT2D eigenvalue weighted by atomic mass is 10.3. The second kappa shape index (κ2) is 5.55. The summed E-state index contributed by atoms with van der Waals surface area (Å²) in [7, 11) is 0. The van der Waals surface area contributed by atoms with Crippen molar-refractivity contribution in [3.05, 3.63) is 53.9 Å². The number of aromatic carboxylic acids is 1. The number of anilines is 1. The molecule has 0 saturated heterocycles. The molecule has 92 valence electrons. The van der Waals surface area contributed by atoms with Gasteiger partial charge in [-0.05, 0) is 36.4 Å². The van der Waals surface area contributed by atoms with Crippen molar-refractivity contribution in [2.75, 3.05) is 5.73 Å². The maximum absolute atomic E-state index is 10.8. The van der Waals surface area contributed by atoms with Crippen molar-refractivity contribution in [2.45, 2.75) is 10.6 Å². The van der Waals surface area contributed by atoms with E-state index in [4.69, 9.17) is 10.8 Å². The van der Waals surface area contributed by atoms with Crippen molar-refractivity contribution in [3.8, 4) is 0 Å². The van der Waals surface area contributed by atoms with Gasteiger partial charge < -0.3 is 10.8 Å². The Hall–Kier alpha value is -2.01. The molecular weight excluding hydrogens is 248 g/mol. The average molecular weight is 260 g/mol. The van der Waals surface area contributed by atoms with Gasteiger partial charge in [0.15, 0.2) is 0 Å². The molecule has 2 aromatic rings. The highest BCUT2D eigenvalue weighted by molar-refractivity contribution is 7.98. The lowest BCUT2D eigenvalue weighted by Gasteiger charge is -2.03. The number of nitrogens with two attached hydrogens (primary N) is 1. The predicted molar refractivity (Wildman–Crippen MR) is 71.6 cm³/mol. The molecule has 0 radical (unpaired) electrons. The van der Waals surface area contributed by atoms with Gasteiger partial charge in [-0.15, -0.1) is 11.8 Å². The molecule has 18 heavy (non-hydrogen) atoms. The summed E-state index contributed by atoms with van der Waals surface area (Å²) in [5.41, 5.74) is 7.15. The first kappa shape index (κ1) is 12.4. The maximum atomic E-state index is 10.8. The first-order valence-corrected chi connectivity index (χ1v) is 6.31. The second-order valence-corrected chi connectivity index (χ2v) is 4.73. The number of nitrogens with zero attached hydrogens (tertiary/aromatic N) is 1. The highest BCUT2D eigenvalue weighted by Crippen LogP contribution is 2.22. The molecule has 1 heterocycles. The van der Waals surface area contributed by atoms with Gasteiger partial charge in [0.1, 0.15) is 5.69 Å². The van der Waals surface area contributed by atoms with Crippen LogP contribution in [0.15, 0.2) is 47.4 Å². The van der Waals surface area contributed by atoms with E-state index in [-0.39, 0.29) is 5.69 Å². The minimum atomic E-state index is -1.01. The van der Waals surface area contributed by atoms with Gasteiger partial charge in [-0.25, -0.2) is 9.78 Å². The van der Waals surface area contributed by atoms with Gasteiger partial charge in [-0.2, -0.15) is 0 Å². The Morgan fingerprint density at radius 2 is 1.94 bits per heavy atom. The van der Waals surface area contributed by atoms with Crippen LogP contribution < -0.4 is 5.73 Å². The van der Waals surface area contributed by atoms with Crippen LogP contribution >= 0.6 is 11.8 Å². The maximum Gasteiger partial charge on any atom is 0.354 e. The Kier molecular flexibility index (Phi) is 3.84. The molecule has 0 bridgehead atoms. The van der Waals surface area contributed by atoms with Crippen molar-refractivity contribution < 1.29 is 9.90 Å². The summed E-state index contributed by atoms with van der Waals surface area (Å²) in [5.74, 6) is -0.375. The molecule has 0 aliphatic heterocycles. The molecule has 2 rings (SSSR count). The summed E-state index contributed by atoms with van der Waals surface area (Å²) < 4.78 is 0. The number of carbonyl (C=O) groups is 1. The SMILES string of the molecule is Nc1ccc(SCc2cccc(C(=O)O)n2)cc1. The highest BCUT2D eigenvalue weighted by atomic mass is 32.2. The number of pyridine rings is 1. The molecule has 3 N–H and O–H groups in total. The fourth-order valence-corrected chi connectivity index (χ4v) is 2.20. The number of benzene rings is 1. The number of carboxylic acids is 1. The molecule has 0 saturated carbocycles. The third kappa shape index (κ3) is 3.24. The van der Waals surface area contributed by atoms with Crippen LogP contribution in [0.25, 0.3) is 0 Å². The van der Waals surface area contributed by atoms with E-state index in [0.29, 0.717) is 5.75 Å². The minimum absolute atomic E-state index is 0.0745. The molecule has 0 aliphatic carbocycles. The van der Waals surface area contributed by atoms with E-state index in [2.05, 4.69) is 4.98 Å². The van der Waals surface area contributed by atoms with Crippen molar-refractivity contribution >= 4 is 23.4 Å². The summed E-state index contributed by atoms with van der Waals surface area (Å²) in [6.07, 6.45) is 0. The standard InChI is InChI=1S/C13H12N2O2S/c14-9-4-6-11(7-5-9)18-8-10-2-1-3-12(15-10)13(16)17/h1-7H,8,14H2,(H,16,17). The van der Waals surface area contributed by atoms with Crippen LogP contribution in [-0.4, -0.2) is 16.1 Å². The first-order valence-electron chi connectivity index (χ1n) is 5.33. The Morgan fingerprint density at radius 1 is 1.22 bits per heavy atom. The molecule has 0 spiro atoms. The predicted octanol–water partition coefficient (Wildman–Crippen LogP) is 2.65. The largest absolute Gasteiger partial charge is 0.477 e. The zero-order valence-electron chi connectivity index (χ0n) is 9.54. The molecule has 4 nitrogen and oxygen atoms in total. The molecule has 0 atom stereocenters. The van der Waals surface area contributed by atoms with E-state index in [0.717, 1.165) is 16.3 Å². The molecule has 1 aromatic carbocycles. The number of aromatic nitrogens is 1. The summed E-state index contributed by atoms with van der Waals surface area (Å²) >= 11 is 1.59. The third-order valence-corrected chi connectivity index (χ3v) is 3.34.